The molecule has 10 heteroatoms. The van der Waals surface area contributed by atoms with Crippen LogP contribution >= 0.6 is 0 Å². The van der Waals surface area contributed by atoms with Gasteiger partial charge in [0.05, 0.1) is 0 Å². The molecule has 5 aliphatic carbocycles. The van der Waals surface area contributed by atoms with Crippen LogP contribution in [-0.2, 0) is 104 Å². The predicted molar refractivity (Wildman–Crippen MR) is 209 cm³/mol. The second kappa shape index (κ2) is 50.5. The topological polar surface area (TPSA) is 105 Å². The Kier molecular flexibility index (Phi) is 60.5. The molecule has 0 aromatic heterocycles. The third-order valence-electron chi connectivity index (χ3n) is 8.97. The van der Waals surface area contributed by atoms with E-state index >= 15 is 0 Å². The molecule has 2 aromatic carbocycles. The monoisotopic (exact) mass is 892 g/mol. The first-order valence-electron chi connectivity index (χ1n) is 18.7. The predicted octanol–water partition coefficient (Wildman–Crippen LogP) is 9.99. The van der Waals surface area contributed by atoms with Gasteiger partial charge in [0.1, 0.15) is 0 Å². The van der Waals surface area contributed by atoms with Gasteiger partial charge in [0.2, 0.25) is 0 Å². The Labute approximate surface area is 375 Å². The normalized spacial score (nSPS) is 23.3. The molecule has 0 spiro atoms. The van der Waals surface area contributed by atoms with E-state index in [1.54, 1.807) is 44.9 Å². The van der Waals surface area contributed by atoms with Crippen molar-refractivity contribution in [2.75, 3.05) is 28.4 Å². The van der Waals surface area contributed by atoms with Crippen LogP contribution in [0.2, 0.25) is 0 Å². The summed E-state index contributed by atoms with van der Waals surface area (Å²) in [5, 5.41) is 0. The molecule has 8 nitrogen and oxygen atoms in total. The Balaban J connectivity index is -0.000000127. The van der Waals surface area contributed by atoms with Crippen molar-refractivity contribution in [2.45, 2.75) is 100 Å². The van der Waals surface area contributed by atoms with Crippen LogP contribution in [0, 0.1) is 47.3 Å². The fourth-order valence-electron chi connectivity index (χ4n) is 8.05. The zero-order valence-electron chi connectivity index (χ0n) is 34.9. The van der Waals surface area contributed by atoms with E-state index in [4.69, 9.17) is 19.2 Å². The van der Waals surface area contributed by atoms with E-state index in [1.165, 1.54) is 102 Å². The van der Waals surface area contributed by atoms with Crippen molar-refractivity contribution in [3.63, 3.8) is 0 Å². The van der Waals surface area contributed by atoms with E-state index in [2.05, 4.69) is 18.9 Å². The van der Waals surface area contributed by atoms with Gasteiger partial charge in [-0.1, -0.05) is 160 Å². The maximum Gasteiger partial charge on any atom is 0.0362 e. The number of fused-ring (bicyclic) bond motifs is 12. The summed E-state index contributed by atoms with van der Waals surface area (Å²) in [6, 6.07) is 24.0. The van der Waals surface area contributed by atoms with Gasteiger partial charge in [0.25, 0.3) is 0 Å². The number of carbonyl (C=O) groups excluding carboxylic acids is 4. The van der Waals surface area contributed by atoms with E-state index in [0.717, 1.165) is 0 Å². The maximum atomic E-state index is 8.83. The molecule has 5 fully saturated rings. The molecule has 5 aliphatic rings. The minimum absolute atomic E-state index is 0. The number of rotatable bonds is 4. The van der Waals surface area contributed by atoms with Crippen molar-refractivity contribution in [1.82, 2.24) is 0 Å². The molecule has 0 N–H and O–H groups in total. The third-order valence-corrected chi connectivity index (χ3v) is 8.97. The molecule has 300 valence electrons. The van der Waals surface area contributed by atoms with Crippen LogP contribution in [-0.4, -0.2) is 54.3 Å². The van der Waals surface area contributed by atoms with E-state index in [0.29, 0.717) is 0 Å². The number of hydrogen-bond acceptors (Lipinski definition) is 8. The first-order valence-corrected chi connectivity index (χ1v) is 18.7. The Morgan fingerprint density at radius 1 is 0.377 bits per heavy atom. The van der Waals surface area contributed by atoms with Crippen molar-refractivity contribution in [3.8, 4) is 0 Å². The van der Waals surface area contributed by atoms with Crippen molar-refractivity contribution in [3.05, 3.63) is 72.8 Å². The van der Waals surface area contributed by atoms with Crippen LogP contribution in [0.3, 0.4) is 0 Å². The first-order chi connectivity index (χ1) is 25.1. The average molecular weight is 893 g/mol. The van der Waals surface area contributed by atoms with Gasteiger partial charge in [0.15, 0.2) is 0 Å². The average Bonchev–Trinajstić information content (AvgIpc) is 4.10. The molecule has 5 saturated carbocycles. The Bertz CT molecular complexity index is 826. The Hall–Kier alpha value is -1.47. The number of methoxy groups -OCH3 is 4. The van der Waals surface area contributed by atoms with Gasteiger partial charge in [-0.3, -0.25) is 0 Å². The van der Waals surface area contributed by atoms with Crippen molar-refractivity contribution >= 4 is 25.9 Å². The zero-order chi connectivity index (χ0) is 39.7. The van der Waals surface area contributed by atoms with Crippen LogP contribution in [0.25, 0.3) is 0 Å². The second-order valence-electron chi connectivity index (χ2n) is 10.8. The molecule has 0 saturated heterocycles. The summed E-state index contributed by atoms with van der Waals surface area (Å²) < 4.78 is 14.9. The Morgan fingerprint density at radius 2 is 0.585 bits per heavy atom. The van der Waals surface area contributed by atoms with Gasteiger partial charge < -0.3 is 38.1 Å². The molecular formula is C43H70O8Y2-4. The van der Waals surface area contributed by atoms with Crippen molar-refractivity contribution in [2.24, 2.45) is 47.3 Å². The van der Waals surface area contributed by atoms with Crippen molar-refractivity contribution < 1.29 is 104 Å². The molecule has 4 bridgehead atoms. The number of benzene rings is 2. The maximum absolute atomic E-state index is 8.83. The van der Waals surface area contributed by atoms with E-state index in [-0.39, 0.29) is 65.4 Å². The number of hydrogen-bond donors (Lipinski definition) is 0. The molecule has 8 unspecified atom stereocenters. The van der Waals surface area contributed by atoms with E-state index in [9.17, 15) is 0 Å². The Morgan fingerprint density at radius 3 is 0.774 bits per heavy atom. The van der Waals surface area contributed by atoms with Crippen LogP contribution in [0.1, 0.15) is 100 Å². The molecule has 0 amide bonds. The summed E-state index contributed by atoms with van der Waals surface area (Å²) in [5.41, 5.74) is 0. The fourth-order valence-corrected chi connectivity index (χ4v) is 8.05. The number of ether oxygens (including phenoxy) is 4. The quantitative estimate of drug-likeness (QED) is 0.170. The first kappa shape index (κ1) is 63.5. The van der Waals surface area contributed by atoms with Gasteiger partial charge in [0, 0.05) is 93.9 Å². The van der Waals surface area contributed by atoms with Crippen molar-refractivity contribution in [1.29, 1.82) is 0 Å². The molecule has 2 radical (unpaired) electrons. The van der Waals surface area contributed by atoms with Gasteiger partial charge >= 0.3 is 0 Å². The zero-order valence-corrected chi connectivity index (χ0v) is 40.6. The van der Waals surface area contributed by atoms with Crippen LogP contribution in [0.15, 0.2) is 72.8 Å². The smallest absolute Gasteiger partial charge is 0.0362 e. The summed E-state index contributed by atoms with van der Waals surface area (Å²) in [6.07, 6.45) is 11.4. The molecular weight excluding hydrogens is 822 g/mol. The standard InChI is InChI=1S/C15H22.2C6H6.4C2H3O2.4C2H6.2Y/c1-2-10-11(3-1)13-7-12(10)14-8-4-5-9(6-8)15(13)14;2*1-2-4-6-5-3-1;4*1-4-2-3;4*1-2;;/h8-15H,1-7H2;2*1-6H;4*1H3;4*1-2H3;;/q;;;4*-1;;;;;;. The molecule has 0 aliphatic heterocycles. The van der Waals surface area contributed by atoms with Gasteiger partial charge in [-0.05, 0) is 85.9 Å². The molecule has 2 aromatic rings. The van der Waals surface area contributed by atoms with Crippen LogP contribution in [0.4, 0.5) is 0 Å². The van der Waals surface area contributed by atoms with E-state index < -0.39 is 0 Å². The summed E-state index contributed by atoms with van der Waals surface area (Å²) in [5.74, 6) is 9.78. The minimum atomic E-state index is 0. The second-order valence-corrected chi connectivity index (χ2v) is 10.8. The van der Waals surface area contributed by atoms with Gasteiger partial charge in [-0.15, -0.1) is 0 Å². The molecule has 0 heterocycles. The van der Waals surface area contributed by atoms with Crippen LogP contribution < -0.4 is 0 Å². The summed E-state index contributed by atoms with van der Waals surface area (Å²) in [4.78, 5) is 35.3. The van der Waals surface area contributed by atoms with Crippen LogP contribution in [0.5, 0.6) is 0 Å². The van der Waals surface area contributed by atoms with Gasteiger partial charge in [-0.2, -0.15) is 0 Å². The minimum Gasteiger partial charge on any atom is -0.655 e. The molecule has 7 rings (SSSR count). The molecule has 53 heavy (non-hydrogen) atoms. The fraction of sp³-hybridized carbons (Fsp3) is 0.628. The molecule has 8 atom stereocenters. The summed E-state index contributed by atoms with van der Waals surface area (Å²) >= 11 is 0. The third kappa shape index (κ3) is 27.7. The van der Waals surface area contributed by atoms with E-state index in [1.807, 2.05) is 128 Å². The van der Waals surface area contributed by atoms with Gasteiger partial charge in [-0.25, -0.2) is 0 Å². The SMILES string of the molecule is C1CC2C(C1)C1CC2C2C3CCC(C3)C12.CC.CC.CC.CC.CO[C-]=O.CO[C-]=O.CO[C-]=O.CO[C-]=O.[Y].[Y].c1ccccc1.c1ccccc1. The summed E-state index contributed by atoms with van der Waals surface area (Å²) in [7, 11) is 5.03. The largest absolute Gasteiger partial charge is 0.655 e. The summed E-state index contributed by atoms with van der Waals surface area (Å²) in [6.45, 7) is 20.7.